The molecule has 166 valence electrons. The molecule has 2 aliphatic rings. The highest BCUT2D eigenvalue weighted by Gasteiger charge is 2.56. The van der Waals surface area contributed by atoms with E-state index in [2.05, 4.69) is 55.2 Å². The summed E-state index contributed by atoms with van der Waals surface area (Å²) >= 11 is 0. The van der Waals surface area contributed by atoms with Gasteiger partial charge in [-0.2, -0.15) is 0 Å². The number of nitrogens with zero attached hydrogens (tertiary/aromatic N) is 2. The summed E-state index contributed by atoms with van der Waals surface area (Å²) in [5, 5.41) is 1.14. The molecule has 2 aromatic carbocycles. The third kappa shape index (κ3) is 2.98. The van der Waals surface area contributed by atoms with E-state index in [4.69, 9.17) is 0 Å². The van der Waals surface area contributed by atoms with Crippen LogP contribution in [0.2, 0.25) is 0 Å². The number of amides is 2. The van der Waals surface area contributed by atoms with E-state index in [9.17, 15) is 9.59 Å². The number of aromatic amines is 1. The SMILES string of the molecule is CCCCN1CC(=O)N2CC(c3ccc(CC)cc3)c3c([nH]c4ccccc34)[C@@]2(C)C1=O. The average Bonchev–Trinajstić information content (AvgIpc) is 3.21. The third-order valence-corrected chi connectivity index (χ3v) is 7.39. The molecule has 5 rings (SSSR count). The number of aryl methyl sites for hydroxylation is 1. The first-order valence-electron chi connectivity index (χ1n) is 11.8. The van der Waals surface area contributed by atoms with Crippen LogP contribution < -0.4 is 0 Å². The Bertz CT molecular complexity index is 1180. The van der Waals surface area contributed by atoms with Gasteiger partial charge in [0, 0.05) is 29.9 Å². The van der Waals surface area contributed by atoms with Gasteiger partial charge in [0.25, 0.3) is 5.91 Å². The Labute approximate surface area is 189 Å². The number of carbonyl (C=O) groups is 2. The molecular formula is C27H31N3O2. The summed E-state index contributed by atoms with van der Waals surface area (Å²) < 4.78 is 0. The van der Waals surface area contributed by atoms with E-state index in [1.54, 1.807) is 4.90 Å². The third-order valence-electron chi connectivity index (χ3n) is 7.39. The lowest BCUT2D eigenvalue weighted by atomic mass is 9.76. The molecule has 3 heterocycles. The molecule has 5 nitrogen and oxygen atoms in total. The number of piperazine rings is 1. The first kappa shape index (κ1) is 20.8. The Balaban J connectivity index is 1.70. The molecule has 2 atom stereocenters. The minimum atomic E-state index is -1.00. The van der Waals surface area contributed by atoms with E-state index in [1.165, 1.54) is 11.1 Å². The van der Waals surface area contributed by atoms with Crippen molar-refractivity contribution in [3.05, 3.63) is 70.9 Å². The maximum atomic E-state index is 13.8. The van der Waals surface area contributed by atoms with Gasteiger partial charge >= 0.3 is 0 Å². The van der Waals surface area contributed by atoms with Gasteiger partial charge in [0.2, 0.25) is 5.91 Å². The topological polar surface area (TPSA) is 56.4 Å². The summed E-state index contributed by atoms with van der Waals surface area (Å²) in [7, 11) is 0. The first-order valence-corrected chi connectivity index (χ1v) is 11.8. The molecule has 5 heteroatoms. The number of nitrogens with one attached hydrogen (secondary N) is 1. The van der Waals surface area contributed by atoms with Gasteiger partial charge in [0.15, 0.2) is 5.54 Å². The van der Waals surface area contributed by atoms with Crippen molar-refractivity contribution in [2.45, 2.75) is 51.5 Å². The zero-order chi connectivity index (χ0) is 22.5. The second kappa shape index (κ2) is 7.80. The predicted octanol–water partition coefficient (Wildman–Crippen LogP) is 4.56. The van der Waals surface area contributed by atoms with Crippen molar-refractivity contribution in [2.75, 3.05) is 19.6 Å². The maximum Gasteiger partial charge on any atom is 0.254 e. The normalized spacial score (nSPS) is 22.9. The van der Waals surface area contributed by atoms with Crippen molar-refractivity contribution in [3.63, 3.8) is 0 Å². The van der Waals surface area contributed by atoms with Gasteiger partial charge in [-0.15, -0.1) is 0 Å². The first-order chi connectivity index (χ1) is 15.5. The molecule has 1 saturated heterocycles. The number of rotatable bonds is 5. The summed E-state index contributed by atoms with van der Waals surface area (Å²) in [5.74, 6) is 0.0832. The minimum absolute atomic E-state index is 0.0261. The number of unbranched alkanes of at least 4 members (excludes halogenated alkanes) is 1. The number of aromatic nitrogens is 1. The van der Waals surface area contributed by atoms with Crippen LogP contribution in [0, 0.1) is 0 Å². The molecule has 1 fully saturated rings. The van der Waals surface area contributed by atoms with Crippen molar-refractivity contribution in [3.8, 4) is 0 Å². The molecule has 0 bridgehead atoms. The van der Waals surface area contributed by atoms with Crippen LogP contribution in [0.5, 0.6) is 0 Å². The van der Waals surface area contributed by atoms with Gasteiger partial charge < -0.3 is 14.8 Å². The van der Waals surface area contributed by atoms with Gasteiger partial charge in [0.1, 0.15) is 0 Å². The van der Waals surface area contributed by atoms with E-state index >= 15 is 0 Å². The Hall–Kier alpha value is -3.08. The maximum absolute atomic E-state index is 13.8. The Kier molecular flexibility index (Phi) is 5.07. The van der Waals surface area contributed by atoms with E-state index in [0.717, 1.165) is 41.4 Å². The van der Waals surface area contributed by atoms with Gasteiger partial charge in [-0.05, 0) is 42.5 Å². The van der Waals surface area contributed by atoms with Gasteiger partial charge in [-0.1, -0.05) is 62.7 Å². The molecule has 1 N–H and O–H groups in total. The lowest BCUT2D eigenvalue weighted by Gasteiger charge is -2.51. The quantitative estimate of drug-likeness (QED) is 0.646. The van der Waals surface area contributed by atoms with Crippen LogP contribution in [-0.4, -0.2) is 46.2 Å². The van der Waals surface area contributed by atoms with Crippen LogP contribution in [0.1, 0.15) is 61.9 Å². The van der Waals surface area contributed by atoms with Crippen LogP contribution in [0.15, 0.2) is 48.5 Å². The molecule has 2 amide bonds. The van der Waals surface area contributed by atoms with Crippen LogP contribution >= 0.6 is 0 Å². The number of benzene rings is 2. The van der Waals surface area contributed by atoms with E-state index in [-0.39, 0.29) is 24.3 Å². The molecule has 0 saturated carbocycles. The minimum Gasteiger partial charge on any atom is -0.356 e. The monoisotopic (exact) mass is 429 g/mol. The molecule has 32 heavy (non-hydrogen) atoms. The largest absolute Gasteiger partial charge is 0.356 e. The van der Waals surface area contributed by atoms with Gasteiger partial charge in [-0.25, -0.2) is 0 Å². The molecular weight excluding hydrogens is 398 g/mol. The smallest absolute Gasteiger partial charge is 0.254 e. The molecule has 2 aliphatic heterocycles. The molecule has 0 radical (unpaired) electrons. The van der Waals surface area contributed by atoms with Crippen LogP contribution in [0.3, 0.4) is 0 Å². The van der Waals surface area contributed by atoms with E-state index in [0.29, 0.717) is 13.1 Å². The number of H-pyrrole nitrogens is 1. The van der Waals surface area contributed by atoms with Gasteiger partial charge in [-0.3, -0.25) is 9.59 Å². The molecule has 0 aliphatic carbocycles. The van der Waals surface area contributed by atoms with Crippen molar-refractivity contribution < 1.29 is 9.59 Å². The fourth-order valence-corrected chi connectivity index (χ4v) is 5.49. The van der Waals surface area contributed by atoms with E-state index in [1.807, 2.05) is 24.0 Å². The zero-order valence-electron chi connectivity index (χ0n) is 19.1. The molecule has 3 aromatic rings. The number of hydrogen-bond acceptors (Lipinski definition) is 2. The van der Waals surface area contributed by atoms with E-state index < -0.39 is 5.54 Å². The highest BCUT2D eigenvalue weighted by molar-refractivity contribution is 6.01. The number of carbonyl (C=O) groups excluding carboxylic acids is 2. The molecule has 0 spiro atoms. The number of fused-ring (bicyclic) bond motifs is 5. The lowest BCUT2D eigenvalue weighted by Crippen LogP contribution is -2.67. The van der Waals surface area contributed by atoms with Crippen LogP contribution in [0.4, 0.5) is 0 Å². The fraction of sp³-hybridized carbons (Fsp3) is 0.407. The Morgan fingerprint density at radius 3 is 2.53 bits per heavy atom. The Morgan fingerprint density at radius 1 is 1.06 bits per heavy atom. The highest BCUT2D eigenvalue weighted by atomic mass is 16.2. The van der Waals surface area contributed by atoms with Crippen molar-refractivity contribution in [2.24, 2.45) is 0 Å². The van der Waals surface area contributed by atoms with Crippen LogP contribution in [-0.2, 0) is 21.5 Å². The average molecular weight is 430 g/mol. The summed E-state index contributed by atoms with van der Waals surface area (Å²) in [6, 6.07) is 17.0. The fourth-order valence-electron chi connectivity index (χ4n) is 5.49. The summed E-state index contributed by atoms with van der Waals surface area (Å²) in [6.07, 6.45) is 2.89. The number of para-hydroxylation sites is 1. The second-order valence-electron chi connectivity index (χ2n) is 9.26. The molecule has 1 aromatic heterocycles. The predicted molar refractivity (Wildman–Crippen MR) is 127 cm³/mol. The molecule has 1 unspecified atom stereocenters. The summed E-state index contributed by atoms with van der Waals surface area (Å²) in [6.45, 7) is 7.50. The van der Waals surface area contributed by atoms with Gasteiger partial charge in [0.05, 0.1) is 12.2 Å². The lowest BCUT2D eigenvalue weighted by molar-refractivity contribution is -0.166. The standard InChI is InChI=1S/C27H31N3O2/c1-4-6-15-29-17-23(31)30-16-21(19-13-11-18(5-2)12-14-19)24-20-9-7-8-10-22(20)28-25(24)27(30,3)26(29)32/h7-14,21,28H,4-6,15-17H2,1-3H3/t21?,27-/m0/s1. The van der Waals surface area contributed by atoms with Crippen molar-refractivity contribution in [1.82, 2.24) is 14.8 Å². The summed E-state index contributed by atoms with van der Waals surface area (Å²) in [5.41, 5.74) is 4.52. The van der Waals surface area contributed by atoms with Crippen molar-refractivity contribution in [1.29, 1.82) is 0 Å². The zero-order valence-corrected chi connectivity index (χ0v) is 19.1. The Morgan fingerprint density at radius 2 is 1.81 bits per heavy atom. The second-order valence-corrected chi connectivity index (χ2v) is 9.26. The van der Waals surface area contributed by atoms with Crippen LogP contribution in [0.25, 0.3) is 10.9 Å². The number of hydrogen-bond donors (Lipinski definition) is 1. The van der Waals surface area contributed by atoms with Crippen molar-refractivity contribution >= 4 is 22.7 Å². The highest BCUT2D eigenvalue weighted by Crippen LogP contribution is 2.48. The summed E-state index contributed by atoms with van der Waals surface area (Å²) in [4.78, 5) is 34.3.